The summed E-state index contributed by atoms with van der Waals surface area (Å²) in [5.41, 5.74) is 11.1. The monoisotopic (exact) mass is 330 g/mol. The summed E-state index contributed by atoms with van der Waals surface area (Å²) in [6.45, 7) is 4.01. The third-order valence-corrected chi connectivity index (χ3v) is 3.24. The first kappa shape index (κ1) is 21.0. The van der Waals surface area contributed by atoms with Crippen LogP contribution in [0.5, 0.6) is 0 Å². The molecule has 0 fully saturated rings. The molecule has 0 saturated heterocycles. The van der Waals surface area contributed by atoms with Crippen LogP contribution in [-0.4, -0.2) is 58.9 Å². The minimum absolute atomic E-state index is 0.0634. The van der Waals surface area contributed by atoms with Gasteiger partial charge < -0.3 is 21.9 Å². The van der Waals surface area contributed by atoms with Crippen molar-refractivity contribution in [1.82, 2.24) is 10.2 Å². The predicted molar refractivity (Wildman–Crippen MR) is 83.1 cm³/mol. The summed E-state index contributed by atoms with van der Waals surface area (Å²) in [6, 6.07) is -2.12. The zero-order valence-corrected chi connectivity index (χ0v) is 13.6. The first-order valence-corrected chi connectivity index (χ1v) is 7.59. The van der Waals surface area contributed by atoms with Crippen LogP contribution < -0.4 is 16.8 Å². The van der Waals surface area contributed by atoms with E-state index < -0.39 is 29.9 Å². The Kier molecular flexibility index (Phi) is 9.75. The standard InChI is InChI=1S/C14H26N4O5/c1-3-17-11(19)7-5-9(15)13(21)18(4-2)12(20)8-6-10(16)14(22)23/h9-10H,3-8,15-16H2,1-2H3,(H,17,19)(H,22,23)/t9-,10-/m0/s1. The number of nitrogens with two attached hydrogens (primary N) is 2. The van der Waals surface area contributed by atoms with Gasteiger partial charge in [-0.25, -0.2) is 0 Å². The fourth-order valence-corrected chi connectivity index (χ4v) is 1.89. The van der Waals surface area contributed by atoms with Crippen molar-refractivity contribution in [1.29, 1.82) is 0 Å². The summed E-state index contributed by atoms with van der Waals surface area (Å²) in [5.74, 6) is -2.52. The number of hydrogen-bond acceptors (Lipinski definition) is 6. The van der Waals surface area contributed by atoms with E-state index in [9.17, 15) is 19.2 Å². The summed E-state index contributed by atoms with van der Waals surface area (Å²) in [7, 11) is 0. The quantitative estimate of drug-likeness (QED) is 0.392. The number of nitrogens with zero attached hydrogens (tertiary/aromatic N) is 1. The van der Waals surface area contributed by atoms with Crippen LogP contribution in [0.4, 0.5) is 0 Å². The van der Waals surface area contributed by atoms with Crippen LogP contribution in [0, 0.1) is 0 Å². The SMILES string of the molecule is CCNC(=O)CC[C@H](N)C(=O)N(CC)C(=O)CC[C@H](N)C(=O)O. The number of aliphatic carboxylic acids is 1. The van der Waals surface area contributed by atoms with Gasteiger partial charge in [0.25, 0.3) is 0 Å². The van der Waals surface area contributed by atoms with Gasteiger partial charge in [-0.1, -0.05) is 0 Å². The smallest absolute Gasteiger partial charge is 0.320 e. The lowest BCUT2D eigenvalue weighted by Gasteiger charge is -2.23. The molecule has 0 radical (unpaired) electrons. The highest BCUT2D eigenvalue weighted by molar-refractivity contribution is 5.98. The molecule has 3 amide bonds. The van der Waals surface area contributed by atoms with Gasteiger partial charge in [-0.3, -0.25) is 24.1 Å². The molecule has 0 spiro atoms. The molecule has 23 heavy (non-hydrogen) atoms. The van der Waals surface area contributed by atoms with Crippen LogP contribution >= 0.6 is 0 Å². The van der Waals surface area contributed by atoms with E-state index in [4.69, 9.17) is 16.6 Å². The van der Waals surface area contributed by atoms with Crippen LogP contribution in [0.25, 0.3) is 0 Å². The molecule has 9 heteroatoms. The number of imide groups is 1. The summed E-state index contributed by atoms with van der Waals surface area (Å²) >= 11 is 0. The van der Waals surface area contributed by atoms with Crippen molar-refractivity contribution in [2.45, 2.75) is 51.6 Å². The average Bonchev–Trinajstić information content (AvgIpc) is 2.50. The van der Waals surface area contributed by atoms with E-state index >= 15 is 0 Å². The van der Waals surface area contributed by atoms with Crippen molar-refractivity contribution in [3.63, 3.8) is 0 Å². The highest BCUT2D eigenvalue weighted by Gasteiger charge is 2.26. The summed E-state index contributed by atoms with van der Waals surface area (Å²) in [4.78, 5) is 47.1. The van der Waals surface area contributed by atoms with Crippen LogP contribution in [0.1, 0.15) is 39.5 Å². The molecular weight excluding hydrogens is 304 g/mol. The molecule has 6 N–H and O–H groups in total. The molecule has 9 nitrogen and oxygen atoms in total. The average molecular weight is 330 g/mol. The van der Waals surface area contributed by atoms with E-state index in [0.29, 0.717) is 6.54 Å². The van der Waals surface area contributed by atoms with Gasteiger partial charge >= 0.3 is 5.97 Å². The number of carboxylic acids is 1. The van der Waals surface area contributed by atoms with Crippen LogP contribution in [0.3, 0.4) is 0 Å². The lowest BCUT2D eigenvalue weighted by Crippen LogP contribution is -2.47. The van der Waals surface area contributed by atoms with Gasteiger partial charge in [-0.15, -0.1) is 0 Å². The maximum atomic E-state index is 12.2. The van der Waals surface area contributed by atoms with Gasteiger partial charge in [0.1, 0.15) is 6.04 Å². The normalized spacial score (nSPS) is 13.0. The fourth-order valence-electron chi connectivity index (χ4n) is 1.89. The molecule has 2 atom stereocenters. The minimum Gasteiger partial charge on any atom is -0.480 e. The molecule has 0 bridgehead atoms. The van der Waals surface area contributed by atoms with Crippen molar-refractivity contribution < 1.29 is 24.3 Å². The number of rotatable bonds is 10. The Labute approximate surface area is 135 Å². The first-order valence-electron chi connectivity index (χ1n) is 7.59. The Morgan fingerprint density at radius 1 is 1.04 bits per heavy atom. The Bertz CT molecular complexity index is 441. The van der Waals surface area contributed by atoms with Crippen LogP contribution in [0.2, 0.25) is 0 Å². The van der Waals surface area contributed by atoms with Gasteiger partial charge in [-0.2, -0.15) is 0 Å². The second kappa shape index (κ2) is 10.7. The number of likely N-dealkylation sites (N-methyl/N-ethyl adjacent to an activating group) is 1. The van der Waals surface area contributed by atoms with Crippen molar-refractivity contribution in [2.75, 3.05) is 13.1 Å². The largest absolute Gasteiger partial charge is 0.480 e. The zero-order valence-electron chi connectivity index (χ0n) is 13.6. The van der Waals surface area contributed by atoms with Crippen molar-refractivity contribution in [3.05, 3.63) is 0 Å². The van der Waals surface area contributed by atoms with E-state index in [1.807, 2.05) is 0 Å². The molecular formula is C14H26N4O5. The van der Waals surface area contributed by atoms with Gasteiger partial charge in [0.2, 0.25) is 17.7 Å². The van der Waals surface area contributed by atoms with Gasteiger partial charge in [0, 0.05) is 25.9 Å². The Hall–Kier alpha value is -2.00. The fraction of sp³-hybridized carbons (Fsp3) is 0.714. The highest BCUT2D eigenvalue weighted by atomic mass is 16.4. The first-order chi connectivity index (χ1) is 10.7. The Morgan fingerprint density at radius 2 is 1.61 bits per heavy atom. The third-order valence-electron chi connectivity index (χ3n) is 3.24. The molecule has 0 aromatic carbocycles. The Morgan fingerprint density at radius 3 is 2.09 bits per heavy atom. The molecule has 0 unspecified atom stereocenters. The maximum Gasteiger partial charge on any atom is 0.320 e. The van der Waals surface area contributed by atoms with Gasteiger partial charge in [0.15, 0.2) is 0 Å². The molecule has 0 saturated carbocycles. The van der Waals surface area contributed by atoms with Crippen molar-refractivity contribution >= 4 is 23.7 Å². The van der Waals surface area contributed by atoms with Gasteiger partial charge in [-0.05, 0) is 26.7 Å². The number of hydrogen-bond donors (Lipinski definition) is 4. The van der Waals surface area contributed by atoms with E-state index in [1.54, 1.807) is 13.8 Å². The third kappa shape index (κ3) is 7.71. The summed E-state index contributed by atoms with van der Waals surface area (Å²) in [5, 5.41) is 11.3. The van der Waals surface area contributed by atoms with Gasteiger partial charge in [0.05, 0.1) is 6.04 Å². The Balaban J connectivity index is 4.51. The molecule has 132 valence electrons. The van der Waals surface area contributed by atoms with E-state index in [-0.39, 0.29) is 38.1 Å². The summed E-state index contributed by atoms with van der Waals surface area (Å²) < 4.78 is 0. The maximum absolute atomic E-state index is 12.2. The van der Waals surface area contributed by atoms with Crippen molar-refractivity contribution in [2.24, 2.45) is 11.5 Å². The lowest BCUT2D eigenvalue weighted by atomic mass is 10.1. The molecule has 0 heterocycles. The minimum atomic E-state index is -1.20. The highest BCUT2D eigenvalue weighted by Crippen LogP contribution is 2.06. The van der Waals surface area contributed by atoms with Crippen LogP contribution in [-0.2, 0) is 19.2 Å². The van der Waals surface area contributed by atoms with E-state index in [1.165, 1.54) is 0 Å². The van der Waals surface area contributed by atoms with E-state index in [2.05, 4.69) is 5.32 Å². The zero-order chi connectivity index (χ0) is 18.0. The molecule has 0 rings (SSSR count). The second-order valence-electron chi connectivity index (χ2n) is 5.06. The molecule has 0 aliphatic rings. The molecule has 0 aromatic heterocycles. The molecule has 0 aliphatic carbocycles. The topological polar surface area (TPSA) is 156 Å². The number of carbonyl (C=O) groups excluding carboxylic acids is 3. The number of carboxylic acid groups (broad SMARTS) is 1. The second-order valence-corrected chi connectivity index (χ2v) is 5.06. The number of amides is 3. The van der Waals surface area contributed by atoms with E-state index in [0.717, 1.165) is 4.90 Å². The summed E-state index contributed by atoms with van der Waals surface area (Å²) in [6.07, 6.45) is 0.00163. The molecule has 0 aromatic rings. The predicted octanol–water partition coefficient (Wildman–Crippen LogP) is -1.20. The number of nitrogens with one attached hydrogen (secondary N) is 1. The number of carbonyl (C=O) groups is 4. The lowest BCUT2D eigenvalue weighted by molar-refractivity contribution is -0.145. The van der Waals surface area contributed by atoms with Crippen LogP contribution in [0.15, 0.2) is 0 Å². The molecule has 0 aliphatic heterocycles. The van der Waals surface area contributed by atoms with Crippen molar-refractivity contribution in [3.8, 4) is 0 Å².